The highest BCUT2D eigenvalue weighted by Crippen LogP contribution is 2.31. The summed E-state index contributed by atoms with van der Waals surface area (Å²) in [5, 5.41) is 17.6. The number of hydrogen-bond donors (Lipinski definition) is 1. The maximum absolute atomic E-state index is 12.7. The summed E-state index contributed by atoms with van der Waals surface area (Å²) in [6, 6.07) is 20.1. The molecule has 1 aliphatic rings. The van der Waals surface area contributed by atoms with E-state index in [0.29, 0.717) is 27.8 Å². The highest BCUT2D eigenvalue weighted by Gasteiger charge is 2.31. The molecular weight excluding hydrogens is 579 g/mol. The van der Waals surface area contributed by atoms with Crippen LogP contribution in [0.3, 0.4) is 0 Å². The first-order chi connectivity index (χ1) is 20.6. The lowest BCUT2D eigenvalue weighted by Gasteiger charge is -2.22. The smallest absolute Gasteiger partial charge is 0.406 e. The number of nitrogens with zero attached hydrogens (tertiary/aromatic N) is 6. The predicted octanol–water partition coefficient (Wildman–Crippen LogP) is 6.38. The van der Waals surface area contributed by atoms with Crippen LogP contribution in [0, 0.1) is 25.2 Å². The van der Waals surface area contributed by atoms with Gasteiger partial charge in [0.15, 0.2) is 11.0 Å². The second-order valence-corrected chi connectivity index (χ2v) is 10.7. The molecule has 0 spiro atoms. The molecule has 0 aliphatic carbocycles. The number of benzene rings is 3. The second-order valence-electron chi connectivity index (χ2n) is 9.68. The van der Waals surface area contributed by atoms with Crippen molar-refractivity contribution in [2.24, 2.45) is 4.99 Å². The van der Waals surface area contributed by atoms with E-state index < -0.39 is 18.3 Å². The highest BCUT2D eigenvalue weighted by atomic mass is 32.2. The van der Waals surface area contributed by atoms with Gasteiger partial charge in [0.25, 0.3) is 0 Å². The van der Waals surface area contributed by atoms with Crippen molar-refractivity contribution in [3.63, 3.8) is 0 Å². The molecule has 2 heterocycles. The molecule has 1 fully saturated rings. The van der Waals surface area contributed by atoms with E-state index in [9.17, 15) is 23.2 Å². The molecule has 5 rings (SSSR count). The van der Waals surface area contributed by atoms with Crippen LogP contribution in [0.1, 0.15) is 22.6 Å². The number of aliphatic imine (C=N–C) groups is 1. The number of urea groups is 1. The van der Waals surface area contributed by atoms with Crippen LogP contribution in [0.25, 0.3) is 17.1 Å². The van der Waals surface area contributed by atoms with Gasteiger partial charge in [-0.2, -0.15) is 10.3 Å². The fourth-order valence-corrected chi connectivity index (χ4v) is 5.61. The number of amides is 2. The summed E-state index contributed by atoms with van der Waals surface area (Å²) in [5.74, 6) is 0.276. The van der Waals surface area contributed by atoms with Crippen LogP contribution in [0.15, 0.2) is 78.0 Å². The Balaban J connectivity index is 1.21. The van der Waals surface area contributed by atoms with Gasteiger partial charge >= 0.3 is 12.4 Å². The number of nitriles is 1. The molecule has 0 radical (unpaired) electrons. The number of rotatable bonds is 7. The SMILES string of the molecule is Cc1cccc(C)c1N1CCS/C1=N\C(=O)NCC(C#N)c1ccc(-c2ncn(-c3ccc(OC(F)(F)F)cc3)n2)cc1. The molecule has 1 unspecified atom stereocenters. The number of carbonyl (C=O) groups is 1. The number of aromatic nitrogens is 3. The average Bonchev–Trinajstić information content (AvgIpc) is 3.64. The first-order valence-electron chi connectivity index (χ1n) is 13.2. The van der Waals surface area contributed by atoms with Crippen LogP contribution in [-0.4, -0.2) is 51.2 Å². The molecule has 1 aliphatic heterocycles. The van der Waals surface area contributed by atoms with E-state index in [0.717, 1.165) is 29.1 Å². The van der Waals surface area contributed by atoms with Gasteiger partial charge in [-0.1, -0.05) is 54.2 Å². The number of anilines is 1. The van der Waals surface area contributed by atoms with Gasteiger partial charge in [-0.05, 0) is 54.8 Å². The zero-order chi connectivity index (χ0) is 30.6. The summed E-state index contributed by atoms with van der Waals surface area (Å²) < 4.78 is 42.5. The number of ether oxygens (including phenoxy) is 1. The summed E-state index contributed by atoms with van der Waals surface area (Å²) in [6.45, 7) is 4.91. The fourth-order valence-electron chi connectivity index (χ4n) is 4.67. The van der Waals surface area contributed by atoms with Crippen LogP contribution in [0.4, 0.5) is 23.7 Å². The highest BCUT2D eigenvalue weighted by molar-refractivity contribution is 8.14. The minimum atomic E-state index is -4.77. The van der Waals surface area contributed by atoms with Gasteiger partial charge < -0.3 is 15.0 Å². The van der Waals surface area contributed by atoms with Crippen LogP contribution in [-0.2, 0) is 0 Å². The molecule has 220 valence electrons. The molecule has 43 heavy (non-hydrogen) atoms. The molecule has 1 N–H and O–H groups in total. The Hall–Kier alpha value is -4.83. The zero-order valence-corrected chi connectivity index (χ0v) is 24.0. The van der Waals surface area contributed by atoms with Crippen LogP contribution in [0.2, 0.25) is 0 Å². The van der Waals surface area contributed by atoms with E-state index >= 15 is 0 Å². The second kappa shape index (κ2) is 12.6. The van der Waals surface area contributed by atoms with Gasteiger partial charge in [-0.25, -0.2) is 14.5 Å². The van der Waals surface area contributed by atoms with Crippen molar-refractivity contribution < 1.29 is 22.7 Å². The monoisotopic (exact) mass is 605 g/mol. The Labute approximate surface area is 250 Å². The zero-order valence-electron chi connectivity index (χ0n) is 23.2. The summed E-state index contributed by atoms with van der Waals surface area (Å²) in [6.07, 6.45) is -3.32. The first kappa shape index (κ1) is 29.7. The lowest BCUT2D eigenvalue weighted by atomic mass is 9.99. The third-order valence-electron chi connectivity index (χ3n) is 6.69. The largest absolute Gasteiger partial charge is 0.573 e. The molecule has 1 aromatic heterocycles. The van der Waals surface area contributed by atoms with Gasteiger partial charge in [0.05, 0.1) is 17.7 Å². The van der Waals surface area contributed by atoms with Crippen LogP contribution in [0.5, 0.6) is 5.75 Å². The van der Waals surface area contributed by atoms with Crippen LogP contribution < -0.4 is 15.0 Å². The average molecular weight is 606 g/mol. The van der Waals surface area contributed by atoms with E-state index in [2.05, 4.69) is 36.1 Å². The van der Waals surface area contributed by atoms with Crippen molar-refractivity contribution in [1.82, 2.24) is 20.1 Å². The first-order valence-corrected chi connectivity index (χ1v) is 14.2. The Bertz CT molecular complexity index is 1660. The topological polar surface area (TPSA) is 108 Å². The Kier molecular flexibility index (Phi) is 8.68. The van der Waals surface area contributed by atoms with Crippen LogP contribution >= 0.6 is 11.8 Å². The van der Waals surface area contributed by atoms with Gasteiger partial charge in [-0.15, -0.1) is 18.3 Å². The summed E-state index contributed by atoms with van der Waals surface area (Å²) in [7, 11) is 0. The number of halogens is 3. The number of amidine groups is 1. The van der Waals surface area contributed by atoms with Crippen molar-refractivity contribution in [3.05, 3.63) is 89.7 Å². The standard InChI is InChI=1S/C30H26F3N7O2S/c1-19-4-3-5-20(2)26(19)39-14-15-43-29(39)37-28(41)35-17-23(16-34)21-6-8-22(9-7-21)27-36-18-40(38-27)24-10-12-25(13-11-24)42-30(31,32)33/h3-13,18,23H,14-15,17H2,1-2H3,(H,35,41)/b37-29-. The third-order valence-corrected chi connectivity index (χ3v) is 7.65. The van der Waals surface area contributed by atoms with E-state index in [1.165, 1.54) is 47.0 Å². The molecular formula is C30H26F3N7O2S. The van der Waals surface area contributed by atoms with Crippen molar-refractivity contribution in [2.45, 2.75) is 26.1 Å². The minimum Gasteiger partial charge on any atom is -0.406 e. The summed E-state index contributed by atoms with van der Waals surface area (Å²) in [4.78, 5) is 23.3. The Morgan fingerprint density at radius 3 is 2.47 bits per heavy atom. The number of thioether (sulfide) groups is 1. The molecule has 1 atom stereocenters. The number of aryl methyl sites for hydroxylation is 2. The molecule has 9 nitrogen and oxygen atoms in total. The summed E-state index contributed by atoms with van der Waals surface area (Å²) >= 11 is 1.52. The van der Waals surface area contributed by atoms with Crippen molar-refractivity contribution >= 4 is 28.6 Å². The minimum absolute atomic E-state index is 0.0838. The van der Waals surface area contributed by atoms with E-state index in [1.54, 1.807) is 24.3 Å². The van der Waals surface area contributed by atoms with Crippen molar-refractivity contribution in [1.29, 1.82) is 5.26 Å². The molecule has 0 saturated carbocycles. The predicted molar refractivity (Wildman–Crippen MR) is 158 cm³/mol. The molecule has 13 heteroatoms. The molecule has 4 aromatic rings. The van der Waals surface area contributed by atoms with E-state index in [-0.39, 0.29) is 12.3 Å². The maximum Gasteiger partial charge on any atom is 0.573 e. The number of para-hydroxylation sites is 1. The number of alkyl halides is 3. The third kappa shape index (κ3) is 7.15. The van der Waals surface area contributed by atoms with Gasteiger partial charge in [0.1, 0.15) is 12.1 Å². The van der Waals surface area contributed by atoms with E-state index in [1.807, 2.05) is 32.0 Å². The fraction of sp³-hybridized carbons (Fsp3) is 0.233. The Morgan fingerprint density at radius 2 is 1.81 bits per heavy atom. The molecule has 2 amide bonds. The quantitative estimate of drug-likeness (QED) is 0.261. The normalized spacial score (nSPS) is 14.9. The van der Waals surface area contributed by atoms with Crippen molar-refractivity contribution in [3.8, 4) is 28.9 Å². The molecule has 3 aromatic carbocycles. The van der Waals surface area contributed by atoms with Gasteiger partial charge in [0, 0.05) is 30.1 Å². The van der Waals surface area contributed by atoms with Gasteiger partial charge in [-0.3, -0.25) is 0 Å². The number of carbonyl (C=O) groups excluding carboxylic acids is 1. The maximum atomic E-state index is 12.7. The Morgan fingerprint density at radius 1 is 1.12 bits per heavy atom. The lowest BCUT2D eigenvalue weighted by Crippen LogP contribution is -2.30. The molecule has 0 bridgehead atoms. The molecule has 1 saturated heterocycles. The summed E-state index contributed by atoms with van der Waals surface area (Å²) in [5.41, 5.74) is 5.16. The number of nitrogens with one attached hydrogen (secondary N) is 1. The van der Waals surface area contributed by atoms with Gasteiger partial charge in [0.2, 0.25) is 0 Å². The number of hydrogen-bond acceptors (Lipinski definition) is 6. The van der Waals surface area contributed by atoms with E-state index in [4.69, 9.17) is 0 Å². The van der Waals surface area contributed by atoms with Crippen molar-refractivity contribution in [2.75, 3.05) is 23.7 Å². The lowest BCUT2D eigenvalue weighted by molar-refractivity contribution is -0.274.